The number of hydrogen-bond acceptors (Lipinski definition) is 3. The lowest BCUT2D eigenvalue weighted by molar-refractivity contribution is -0.128. The summed E-state index contributed by atoms with van der Waals surface area (Å²) in [6.07, 6.45) is 6.21. The Bertz CT molecular complexity index is 800. The van der Waals surface area contributed by atoms with E-state index in [2.05, 4.69) is 10.3 Å². The van der Waals surface area contributed by atoms with Crippen molar-refractivity contribution in [3.05, 3.63) is 71.7 Å². The van der Waals surface area contributed by atoms with Crippen LogP contribution in [0.3, 0.4) is 0 Å². The van der Waals surface area contributed by atoms with E-state index in [-0.39, 0.29) is 22.5 Å². The number of pyridine rings is 1. The highest BCUT2D eigenvalue weighted by molar-refractivity contribution is 6.51. The highest BCUT2D eigenvalue weighted by Crippen LogP contribution is 2.24. The summed E-state index contributed by atoms with van der Waals surface area (Å²) in [7, 11) is 0. The molecule has 1 aromatic heterocycles. The summed E-state index contributed by atoms with van der Waals surface area (Å²) in [5, 5.41) is 2.91. The van der Waals surface area contributed by atoms with Crippen LogP contribution in [0, 0.1) is 0 Å². The molecular formula is C20H20ClN3O2. The molecule has 2 heterocycles. The molecule has 2 aromatic rings. The third-order valence-corrected chi connectivity index (χ3v) is 4.67. The number of rotatable bonds is 4. The van der Waals surface area contributed by atoms with Crippen molar-refractivity contribution in [3.8, 4) is 0 Å². The summed E-state index contributed by atoms with van der Waals surface area (Å²) in [4.78, 5) is 31.4. The fourth-order valence-electron chi connectivity index (χ4n) is 2.87. The molecule has 26 heavy (non-hydrogen) atoms. The van der Waals surface area contributed by atoms with Gasteiger partial charge in [0.2, 0.25) is 0 Å². The second kappa shape index (κ2) is 8.63. The smallest absolute Gasteiger partial charge is 0.271 e. The van der Waals surface area contributed by atoms with Gasteiger partial charge < -0.3 is 10.2 Å². The van der Waals surface area contributed by atoms with Crippen LogP contribution < -0.4 is 5.32 Å². The van der Waals surface area contributed by atoms with Gasteiger partial charge in [-0.15, -0.1) is 0 Å². The molecule has 0 unspecified atom stereocenters. The Balaban J connectivity index is 1.93. The van der Waals surface area contributed by atoms with E-state index in [1.54, 1.807) is 53.7 Å². The van der Waals surface area contributed by atoms with Gasteiger partial charge in [-0.3, -0.25) is 14.6 Å². The third-order valence-electron chi connectivity index (χ3n) is 4.27. The van der Waals surface area contributed by atoms with Crippen molar-refractivity contribution < 1.29 is 9.59 Å². The first-order valence-corrected chi connectivity index (χ1v) is 9.00. The lowest BCUT2D eigenvalue weighted by atomic mass is 10.1. The van der Waals surface area contributed by atoms with Crippen LogP contribution in [0.1, 0.15) is 35.2 Å². The fraction of sp³-hybridized carbons (Fsp3) is 0.250. The van der Waals surface area contributed by atoms with Crippen molar-refractivity contribution in [2.75, 3.05) is 13.1 Å². The van der Waals surface area contributed by atoms with E-state index in [1.165, 1.54) is 0 Å². The molecule has 1 aliphatic rings. The van der Waals surface area contributed by atoms with Crippen LogP contribution in [-0.4, -0.2) is 34.8 Å². The topological polar surface area (TPSA) is 62.3 Å². The van der Waals surface area contributed by atoms with Crippen LogP contribution in [0.25, 0.3) is 5.03 Å². The molecule has 5 nitrogen and oxygen atoms in total. The number of benzene rings is 1. The predicted molar refractivity (Wildman–Crippen MR) is 101 cm³/mol. The third kappa shape index (κ3) is 4.29. The van der Waals surface area contributed by atoms with Crippen LogP contribution in [0.15, 0.2) is 60.6 Å². The minimum atomic E-state index is -0.368. The number of amides is 2. The zero-order valence-corrected chi connectivity index (χ0v) is 15.1. The van der Waals surface area contributed by atoms with Crippen LogP contribution in [0.2, 0.25) is 0 Å². The second-order valence-electron chi connectivity index (χ2n) is 6.10. The zero-order valence-electron chi connectivity index (χ0n) is 14.3. The molecule has 1 N–H and O–H groups in total. The minimum Gasteiger partial charge on any atom is -0.337 e. The maximum atomic E-state index is 13.0. The summed E-state index contributed by atoms with van der Waals surface area (Å²) in [6, 6.07) is 12.2. The second-order valence-corrected chi connectivity index (χ2v) is 6.48. The molecule has 0 radical (unpaired) electrons. The molecule has 1 fully saturated rings. The molecule has 1 aromatic carbocycles. The van der Waals surface area contributed by atoms with Crippen molar-refractivity contribution in [1.29, 1.82) is 0 Å². The van der Waals surface area contributed by atoms with E-state index in [9.17, 15) is 9.59 Å². The lowest BCUT2D eigenvalue weighted by Gasteiger charge is -2.28. The van der Waals surface area contributed by atoms with Gasteiger partial charge in [0.25, 0.3) is 11.8 Å². The summed E-state index contributed by atoms with van der Waals surface area (Å²) in [6.45, 7) is 1.33. The molecule has 0 saturated carbocycles. The minimum absolute atomic E-state index is 0.0930. The average molecular weight is 370 g/mol. The summed E-state index contributed by atoms with van der Waals surface area (Å²) < 4.78 is 0. The van der Waals surface area contributed by atoms with Crippen molar-refractivity contribution in [3.63, 3.8) is 0 Å². The number of piperidine rings is 1. The normalized spacial score (nSPS) is 15.2. The Morgan fingerprint density at radius 1 is 0.962 bits per heavy atom. The molecule has 0 atom stereocenters. The Morgan fingerprint density at radius 3 is 2.31 bits per heavy atom. The van der Waals surface area contributed by atoms with E-state index in [0.717, 1.165) is 19.3 Å². The van der Waals surface area contributed by atoms with Gasteiger partial charge in [-0.05, 0) is 37.5 Å². The number of carbonyl (C=O) groups is 2. The molecule has 0 spiro atoms. The van der Waals surface area contributed by atoms with Gasteiger partial charge in [0, 0.05) is 36.6 Å². The average Bonchev–Trinajstić information content (AvgIpc) is 2.73. The van der Waals surface area contributed by atoms with Gasteiger partial charge in [0.1, 0.15) is 5.70 Å². The van der Waals surface area contributed by atoms with Gasteiger partial charge in [0.15, 0.2) is 0 Å². The molecule has 0 aliphatic carbocycles. The van der Waals surface area contributed by atoms with Gasteiger partial charge in [-0.2, -0.15) is 0 Å². The first-order valence-electron chi connectivity index (χ1n) is 8.62. The summed E-state index contributed by atoms with van der Waals surface area (Å²) >= 11 is 6.50. The predicted octanol–water partition coefficient (Wildman–Crippen LogP) is 3.43. The van der Waals surface area contributed by atoms with Gasteiger partial charge in [-0.25, -0.2) is 0 Å². The van der Waals surface area contributed by atoms with Gasteiger partial charge in [0.05, 0.1) is 5.03 Å². The van der Waals surface area contributed by atoms with Crippen molar-refractivity contribution in [2.45, 2.75) is 19.3 Å². The number of hydrogen-bond donors (Lipinski definition) is 1. The molecule has 134 valence electrons. The number of likely N-dealkylation sites (tertiary alicyclic amines) is 1. The number of nitrogens with one attached hydrogen (secondary N) is 1. The number of aromatic nitrogens is 1. The highest BCUT2D eigenvalue weighted by Gasteiger charge is 2.25. The monoisotopic (exact) mass is 369 g/mol. The maximum absolute atomic E-state index is 13.0. The van der Waals surface area contributed by atoms with Crippen molar-refractivity contribution >= 4 is 28.4 Å². The highest BCUT2D eigenvalue weighted by atomic mass is 35.5. The van der Waals surface area contributed by atoms with E-state index >= 15 is 0 Å². The number of nitrogens with zero attached hydrogens (tertiary/aromatic N) is 2. The van der Waals surface area contributed by atoms with Crippen molar-refractivity contribution in [2.24, 2.45) is 0 Å². The molecule has 6 heteroatoms. The quantitative estimate of drug-likeness (QED) is 0.840. The van der Waals surface area contributed by atoms with Crippen LogP contribution in [0.4, 0.5) is 0 Å². The van der Waals surface area contributed by atoms with E-state index in [1.807, 2.05) is 6.07 Å². The Labute approximate surface area is 157 Å². The standard InChI is InChI=1S/C20H20ClN3O2/c21-17(16-10-7-11-22-14-16)18(20(26)24-12-5-2-6-13-24)23-19(25)15-8-3-1-4-9-15/h1,3-4,7-11,14H,2,5-6,12-13H2,(H,23,25)/b18-17-. The summed E-state index contributed by atoms with van der Waals surface area (Å²) in [5.41, 5.74) is 1.14. The molecule has 2 amide bonds. The first-order chi connectivity index (χ1) is 12.7. The van der Waals surface area contributed by atoms with Crippen molar-refractivity contribution in [1.82, 2.24) is 15.2 Å². The summed E-state index contributed by atoms with van der Waals surface area (Å²) in [5.74, 6) is -0.629. The van der Waals surface area contributed by atoms with Gasteiger partial charge in [-0.1, -0.05) is 35.9 Å². The SMILES string of the molecule is O=C(N/C(C(=O)N1CCCCC1)=C(\Cl)c1cccnc1)c1ccccc1. The van der Waals surface area contributed by atoms with Crippen LogP contribution in [-0.2, 0) is 4.79 Å². The van der Waals surface area contributed by atoms with Crippen LogP contribution >= 0.6 is 11.6 Å². The molecule has 1 saturated heterocycles. The maximum Gasteiger partial charge on any atom is 0.271 e. The largest absolute Gasteiger partial charge is 0.337 e. The van der Waals surface area contributed by atoms with E-state index < -0.39 is 0 Å². The fourth-order valence-corrected chi connectivity index (χ4v) is 3.11. The Hall–Kier alpha value is -2.66. The van der Waals surface area contributed by atoms with E-state index in [4.69, 9.17) is 11.6 Å². The zero-order chi connectivity index (χ0) is 18.4. The molecule has 3 rings (SSSR count). The first kappa shape index (κ1) is 18.1. The number of carbonyl (C=O) groups excluding carboxylic acids is 2. The van der Waals surface area contributed by atoms with Gasteiger partial charge >= 0.3 is 0 Å². The lowest BCUT2D eigenvalue weighted by Crippen LogP contribution is -2.41. The number of halogens is 1. The molecule has 0 bridgehead atoms. The molecular weight excluding hydrogens is 350 g/mol. The van der Waals surface area contributed by atoms with Crippen LogP contribution in [0.5, 0.6) is 0 Å². The Morgan fingerprint density at radius 2 is 1.65 bits per heavy atom. The van der Waals surface area contributed by atoms with E-state index in [0.29, 0.717) is 24.2 Å². The Kier molecular flexibility index (Phi) is 6.02. The molecule has 1 aliphatic heterocycles.